The van der Waals surface area contributed by atoms with E-state index in [-0.39, 0.29) is 5.56 Å². The van der Waals surface area contributed by atoms with Gasteiger partial charge in [0.2, 0.25) is 5.91 Å². The number of nitrogens with two attached hydrogens (primary N) is 1. The highest BCUT2D eigenvalue weighted by molar-refractivity contribution is 5.93. The highest BCUT2D eigenvalue weighted by Gasteiger charge is 2.03. The van der Waals surface area contributed by atoms with Gasteiger partial charge in [0.15, 0.2) is 6.61 Å². The molecule has 4 N–H and O–H groups in total. The molecular weight excluding hydrogens is 334 g/mol. The molecule has 7 heteroatoms. The maximum Gasteiger partial charge on any atom is 0.341 e. The zero-order valence-electron chi connectivity index (χ0n) is 14.3. The Morgan fingerprint density at radius 3 is 2.12 bits per heavy atom. The first-order chi connectivity index (χ1) is 12.5. The third-order valence-electron chi connectivity index (χ3n) is 2.78. The summed E-state index contributed by atoms with van der Waals surface area (Å²) in [5, 5.41) is 8.34. The van der Waals surface area contributed by atoms with Crippen molar-refractivity contribution in [3.05, 3.63) is 84.4 Å². The Balaban J connectivity index is 0.000000230. The molecule has 3 aromatic rings. The molecule has 0 aliphatic heterocycles. The van der Waals surface area contributed by atoms with Gasteiger partial charge in [-0.2, -0.15) is 0 Å². The van der Waals surface area contributed by atoms with E-state index in [4.69, 9.17) is 15.6 Å². The number of nitrogens with one attached hydrogen (secondary N) is 1. The second-order valence-corrected chi connectivity index (χ2v) is 4.90. The average Bonchev–Trinajstić information content (AvgIpc) is 3.14. The fourth-order valence-corrected chi connectivity index (χ4v) is 1.61. The van der Waals surface area contributed by atoms with E-state index >= 15 is 0 Å². The number of aromatic amines is 1. The molecule has 3 rings (SSSR count). The van der Waals surface area contributed by atoms with Gasteiger partial charge in [0.25, 0.3) is 0 Å². The van der Waals surface area contributed by atoms with Gasteiger partial charge in [0.1, 0.15) is 11.6 Å². The van der Waals surface area contributed by atoms with Crippen LogP contribution in [0.15, 0.2) is 73.1 Å². The van der Waals surface area contributed by atoms with Crippen molar-refractivity contribution in [2.24, 2.45) is 5.73 Å². The first kappa shape index (κ1) is 20.4. The normalized spacial score (nSPS) is 8.96. The van der Waals surface area contributed by atoms with Crippen LogP contribution in [0.4, 0.5) is 0 Å². The lowest BCUT2D eigenvalue weighted by molar-refractivity contribution is -0.139. The van der Waals surface area contributed by atoms with Crippen LogP contribution in [-0.4, -0.2) is 33.6 Å². The maximum atomic E-state index is 10.7. The molecule has 136 valence electrons. The first-order valence-electron chi connectivity index (χ1n) is 7.69. The molecule has 0 saturated heterocycles. The van der Waals surface area contributed by atoms with E-state index < -0.39 is 18.5 Å². The van der Waals surface area contributed by atoms with Crippen LogP contribution in [0.3, 0.4) is 0 Å². The fraction of sp³-hybridized carbons (Fsp3) is 0.105. The molecule has 0 fully saturated rings. The third kappa shape index (κ3) is 9.51. The number of benzene rings is 2. The van der Waals surface area contributed by atoms with Gasteiger partial charge in [-0.25, -0.2) is 9.78 Å². The Bertz CT molecular complexity index is 748. The van der Waals surface area contributed by atoms with Crippen LogP contribution in [-0.2, 0) is 4.79 Å². The summed E-state index contributed by atoms with van der Waals surface area (Å²) in [6.07, 6.45) is 3.53. The lowest BCUT2D eigenvalue weighted by atomic mass is 10.2. The van der Waals surface area contributed by atoms with Crippen molar-refractivity contribution in [1.82, 2.24) is 9.97 Å². The molecule has 2 aromatic carbocycles. The van der Waals surface area contributed by atoms with E-state index in [1.165, 1.54) is 12.1 Å². The summed E-state index contributed by atoms with van der Waals surface area (Å²) < 4.78 is 4.85. The second kappa shape index (κ2) is 11.9. The number of primary amides is 1. The minimum absolute atomic E-state index is 0.285. The molecule has 0 aliphatic rings. The van der Waals surface area contributed by atoms with Crippen molar-refractivity contribution in [3.8, 4) is 5.75 Å². The molecule has 0 unspecified atom stereocenters. The summed E-state index contributed by atoms with van der Waals surface area (Å²) in [6, 6.07) is 18.0. The van der Waals surface area contributed by atoms with Gasteiger partial charge in [-0.3, -0.25) is 4.79 Å². The van der Waals surface area contributed by atoms with E-state index in [0.29, 0.717) is 5.75 Å². The molecule has 0 radical (unpaired) electrons. The third-order valence-corrected chi connectivity index (χ3v) is 2.78. The molecule has 0 atom stereocenters. The van der Waals surface area contributed by atoms with Crippen molar-refractivity contribution in [2.45, 2.75) is 6.92 Å². The molecule has 0 bridgehead atoms. The van der Waals surface area contributed by atoms with Crippen molar-refractivity contribution in [3.63, 3.8) is 0 Å². The smallest absolute Gasteiger partial charge is 0.341 e. The van der Waals surface area contributed by atoms with E-state index in [2.05, 4.69) is 9.97 Å². The van der Waals surface area contributed by atoms with Gasteiger partial charge in [0, 0.05) is 18.0 Å². The quantitative estimate of drug-likeness (QED) is 0.665. The van der Waals surface area contributed by atoms with Gasteiger partial charge < -0.3 is 20.6 Å². The monoisotopic (exact) mass is 355 g/mol. The minimum atomic E-state index is -1.07. The van der Waals surface area contributed by atoms with E-state index in [9.17, 15) is 9.59 Å². The lowest BCUT2D eigenvalue weighted by Crippen LogP contribution is -2.12. The summed E-state index contributed by atoms with van der Waals surface area (Å²) in [6.45, 7) is 1.47. The van der Waals surface area contributed by atoms with Gasteiger partial charge in [-0.15, -0.1) is 0 Å². The standard InChI is InChI=1S/C9H9NO4.C6H6.C4H6N2/c10-9(13)6-2-1-3-7(4-6)14-5-8(11)12;1-2-4-6-5-3-1;1-4-5-2-3-6-4/h1-4H,5H2,(H2,10,13)(H,11,12);1-6H;2-3H,1H3,(H,5,6). The van der Waals surface area contributed by atoms with Crippen LogP contribution in [0.2, 0.25) is 0 Å². The number of amides is 1. The molecule has 26 heavy (non-hydrogen) atoms. The molecule has 0 saturated carbocycles. The van der Waals surface area contributed by atoms with E-state index in [1.54, 1.807) is 24.5 Å². The lowest BCUT2D eigenvalue weighted by Gasteiger charge is -2.03. The number of hydrogen-bond acceptors (Lipinski definition) is 4. The van der Waals surface area contributed by atoms with Crippen LogP contribution in [0.1, 0.15) is 16.2 Å². The number of aliphatic carboxylic acids is 1. The number of carbonyl (C=O) groups excluding carboxylic acids is 1. The number of carbonyl (C=O) groups is 2. The van der Waals surface area contributed by atoms with Crippen LogP contribution in [0.5, 0.6) is 5.75 Å². The summed E-state index contributed by atoms with van der Waals surface area (Å²) in [5.41, 5.74) is 5.31. The summed E-state index contributed by atoms with van der Waals surface area (Å²) >= 11 is 0. The number of ether oxygens (including phenoxy) is 1. The number of H-pyrrole nitrogens is 1. The van der Waals surface area contributed by atoms with Gasteiger partial charge in [-0.05, 0) is 25.1 Å². The molecule has 0 aliphatic carbocycles. The largest absolute Gasteiger partial charge is 0.482 e. The fourth-order valence-electron chi connectivity index (χ4n) is 1.61. The summed E-state index contributed by atoms with van der Waals surface area (Å²) in [4.78, 5) is 27.7. The zero-order chi connectivity index (χ0) is 19.2. The first-order valence-corrected chi connectivity index (χ1v) is 7.69. The zero-order valence-corrected chi connectivity index (χ0v) is 14.3. The van der Waals surface area contributed by atoms with Crippen LogP contribution in [0.25, 0.3) is 0 Å². The molecule has 0 spiro atoms. The van der Waals surface area contributed by atoms with Crippen molar-refractivity contribution < 1.29 is 19.4 Å². The van der Waals surface area contributed by atoms with Crippen LogP contribution in [0, 0.1) is 6.92 Å². The highest BCUT2D eigenvalue weighted by Crippen LogP contribution is 2.12. The van der Waals surface area contributed by atoms with E-state index in [1.807, 2.05) is 43.3 Å². The molecule has 1 aromatic heterocycles. The summed E-state index contributed by atoms with van der Waals surface area (Å²) in [5.74, 6) is -0.376. The van der Waals surface area contributed by atoms with Crippen molar-refractivity contribution in [2.75, 3.05) is 6.61 Å². The Hall–Kier alpha value is -3.61. The number of rotatable bonds is 4. The maximum absolute atomic E-state index is 10.7. The molecule has 1 amide bonds. The molecule has 7 nitrogen and oxygen atoms in total. The molecular formula is C19H21N3O4. The highest BCUT2D eigenvalue weighted by atomic mass is 16.5. The van der Waals surface area contributed by atoms with Crippen LogP contribution >= 0.6 is 0 Å². The summed E-state index contributed by atoms with van der Waals surface area (Å²) in [7, 11) is 0. The Morgan fingerprint density at radius 1 is 1.12 bits per heavy atom. The van der Waals surface area contributed by atoms with Crippen LogP contribution < -0.4 is 10.5 Å². The Kier molecular flexibility index (Phi) is 9.32. The number of hydrogen-bond donors (Lipinski definition) is 3. The SMILES string of the molecule is Cc1ncc[nH]1.NC(=O)c1cccc(OCC(=O)O)c1.c1ccccc1. The van der Waals surface area contributed by atoms with Crippen molar-refractivity contribution >= 4 is 11.9 Å². The Labute approximate surface area is 151 Å². The van der Waals surface area contributed by atoms with Gasteiger partial charge in [-0.1, -0.05) is 42.5 Å². The average molecular weight is 355 g/mol. The predicted molar refractivity (Wildman–Crippen MR) is 97.9 cm³/mol. The number of imidazole rings is 1. The van der Waals surface area contributed by atoms with E-state index in [0.717, 1.165) is 5.82 Å². The number of carboxylic acids is 1. The predicted octanol–water partition coefficient (Wildman–Crippen LogP) is 2.65. The number of aryl methyl sites for hydroxylation is 1. The van der Waals surface area contributed by atoms with Gasteiger partial charge in [0.05, 0.1) is 0 Å². The topological polar surface area (TPSA) is 118 Å². The van der Waals surface area contributed by atoms with Crippen molar-refractivity contribution in [1.29, 1.82) is 0 Å². The number of aromatic nitrogens is 2. The second-order valence-electron chi connectivity index (χ2n) is 4.90. The minimum Gasteiger partial charge on any atom is -0.482 e. The number of nitrogens with zero attached hydrogens (tertiary/aromatic N) is 1. The number of carboxylic acid groups (broad SMARTS) is 1. The van der Waals surface area contributed by atoms with Gasteiger partial charge >= 0.3 is 5.97 Å². The Morgan fingerprint density at radius 2 is 1.73 bits per heavy atom. The molecule has 1 heterocycles.